The van der Waals surface area contributed by atoms with Crippen LogP contribution in [-0.4, -0.2) is 26.4 Å². The molecule has 0 unspecified atom stereocenters. The largest absolute Gasteiger partial charge is 0.324 e. The molecule has 0 spiro atoms. The standard InChI is InChI=1S/C19H20Cl2N4OS2/c1-4-12-11(3)27-9-13(12)18-23-24-19(25(18)5-2)28-10-16(26)22-15-8-6-7-14(20)17(15)21/h6-9H,4-5,10H2,1-3H3,(H,22,26). The average Bonchev–Trinajstić information content (AvgIpc) is 3.25. The summed E-state index contributed by atoms with van der Waals surface area (Å²) in [5.41, 5.74) is 2.93. The number of amides is 1. The van der Waals surface area contributed by atoms with Crippen molar-refractivity contribution in [3.63, 3.8) is 0 Å². The number of carbonyl (C=O) groups is 1. The summed E-state index contributed by atoms with van der Waals surface area (Å²) in [6, 6.07) is 5.13. The van der Waals surface area contributed by atoms with Crippen molar-refractivity contribution in [3.05, 3.63) is 44.1 Å². The first-order valence-corrected chi connectivity index (χ1v) is 11.5. The molecule has 0 saturated carbocycles. The van der Waals surface area contributed by atoms with Gasteiger partial charge in [0.15, 0.2) is 11.0 Å². The number of hydrogen-bond donors (Lipinski definition) is 1. The number of halogens is 2. The number of nitrogens with zero attached hydrogens (tertiary/aromatic N) is 3. The molecule has 5 nitrogen and oxygen atoms in total. The highest BCUT2D eigenvalue weighted by atomic mass is 35.5. The molecule has 148 valence electrons. The molecule has 0 aliphatic heterocycles. The molecule has 0 aliphatic carbocycles. The molecular weight excluding hydrogens is 435 g/mol. The highest BCUT2D eigenvalue weighted by molar-refractivity contribution is 7.99. The van der Waals surface area contributed by atoms with E-state index in [0.717, 1.165) is 29.5 Å². The van der Waals surface area contributed by atoms with E-state index in [2.05, 4.69) is 34.7 Å². The Morgan fingerprint density at radius 1 is 1.29 bits per heavy atom. The quantitative estimate of drug-likeness (QED) is 0.449. The van der Waals surface area contributed by atoms with Gasteiger partial charge in [0.1, 0.15) is 0 Å². The number of carbonyl (C=O) groups excluding carboxylic acids is 1. The fourth-order valence-corrected chi connectivity index (χ4v) is 4.99. The van der Waals surface area contributed by atoms with Crippen LogP contribution in [0, 0.1) is 6.92 Å². The molecule has 2 heterocycles. The van der Waals surface area contributed by atoms with Crippen LogP contribution in [0.5, 0.6) is 0 Å². The Morgan fingerprint density at radius 2 is 2.07 bits per heavy atom. The summed E-state index contributed by atoms with van der Waals surface area (Å²) in [6.07, 6.45) is 0.951. The molecule has 3 aromatic rings. The summed E-state index contributed by atoms with van der Waals surface area (Å²) in [6.45, 7) is 7.05. The number of rotatable bonds is 7. The van der Waals surface area contributed by atoms with Crippen molar-refractivity contribution in [2.45, 2.75) is 38.9 Å². The van der Waals surface area contributed by atoms with Crippen LogP contribution in [0.2, 0.25) is 10.0 Å². The predicted molar refractivity (Wildman–Crippen MR) is 119 cm³/mol. The summed E-state index contributed by atoms with van der Waals surface area (Å²) >= 11 is 15.2. The van der Waals surface area contributed by atoms with Crippen molar-refractivity contribution >= 4 is 57.9 Å². The van der Waals surface area contributed by atoms with E-state index in [4.69, 9.17) is 23.2 Å². The Labute approximate surface area is 182 Å². The van der Waals surface area contributed by atoms with Crippen molar-refractivity contribution in [3.8, 4) is 11.4 Å². The minimum absolute atomic E-state index is 0.179. The maximum Gasteiger partial charge on any atom is 0.234 e. The summed E-state index contributed by atoms with van der Waals surface area (Å²) in [5, 5.41) is 15.1. The molecule has 0 atom stereocenters. The van der Waals surface area contributed by atoms with E-state index in [-0.39, 0.29) is 11.7 Å². The van der Waals surface area contributed by atoms with Gasteiger partial charge in [0.25, 0.3) is 0 Å². The third kappa shape index (κ3) is 4.38. The number of aromatic nitrogens is 3. The second kappa shape index (κ2) is 9.31. The molecule has 0 bridgehead atoms. The molecule has 1 N–H and O–H groups in total. The van der Waals surface area contributed by atoms with Crippen LogP contribution >= 0.6 is 46.3 Å². The Bertz CT molecular complexity index is 1000. The first kappa shape index (κ1) is 21.2. The number of aryl methyl sites for hydroxylation is 1. The summed E-state index contributed by atoms with van der Waals surface area (Å²) < 4.78 is 2.05. The van der Waals surface area contributed by atoms with Gasteiger partial charge in [-0.2, -0.15) is 0 Å². The zero-order valence-electron chi connectivity index (χ0n) is 15.8. The van der Waals surface area contributed by atoms with Crippen LogP contribution in [0.3, 0.4) is 0 Å². The number of hydrogen-bond acceptors (Lipinski definition) is 5. The predicted octanol–water partition coefficient (Wildman–Crippen LogP) is 5.93. The van der Waals surface area contributed by atoms with E-state index in [1.807, 2.05) is 11.5 Å². The van der Waals surface area contributed by atoms with Crippen LogP contribution in [0.1, 0.15) is 24.3 Å². The SMILES string of the molecule is CCc1c(-c2nnc(SCC(=O)Nc3cccc(Cl)c3Cl)n2CC)csc1C. The van der Waals surface area contributed by atoms with Crippen molar-refractivity contribution < 1.29 is 4.79 Å². The van der Waals surface area contributed by atoms with Crippen LogP contribution < -0.4 is 5.32 Å². The van der Waals surface area contributed by atoms with Gasteiger partial charge in [-0.3, -0.25) is 4.79 Å². The van der Waals surface area contributed by atoms with Crippen molar-refractivity contribution in [2.24, 2.45) is 0 Å². The lowest BCUT2D eigenvalue weighted by molar-refractivity contribution is -0.113. The second-order valence-electron chi connectivity index (χ2n) is 6.03. The average molecular weight is 455 g/mol. The van der Waals surface area contributed by atoms with Crippen LogP contribution in [0.25, 0.3) is 11.4 Å². The first-order valence-electron chi connectivity index (χ1n) is 8.83. The molecule has 28 heavy (non-hydrogen) atoms. The zero-order chi connectivity index (χ0) is 20.3. The molecule has 1 amide bonds. The van der Waals surface area contributed by atoms with E-state index >= 15 is 0 Å². The van der Waals surface area contributed by atoms with Gasteiger partial charge >= 0.3 is 0 Å². The number of nitrogens with one attached hydrogen (secondary N) is 1. The number of thiophene rings is 1. The second-order valence-corrected chi connectivity index (χ2v) is 8.84. The minimum atomic E-state index is -0.179. The van der Waals surface area contributed by atoms with E-state index in [9.17, 15) is 4.79 Å². The fourth-order valence-electron chi connectivity index (χ4n) is 2.90. The van der Waals surface area contributed by atoms with Gasteiger partial charge in [0, 0.05) is 22.4 Å². The fraction of sp³-hybridized carbons (Fsp3) is 0.316. The maximum absolute atomic E-state index is 12.3. The molecule has 0 fully saturated rings. The van der Waals surface area contributed by atoms with Gasteiger partial charge < -0.3 is 9.88 Å². The Balaban J connectivity index is 1.74. The van der Waals surface area contributed by atoms with Crippen molar-refractivity contribution in [1.82, 2.24) is 14.8 Å². The van der Waals surface area contributed by atoms with Gasteiger partial charge in [0.05, 0.1) is 21.5 Å². The molecule has 0 aliphatic rings. The normalized spacial score (nSPS) is 11.0. The highest BCUT2D eigenvalue weighted by Gasteiger charge is 2.19. The molecule has 3 rings (SSSR count). The summed E-state index contributed by atoms with van der Waals surface area (Å²) in [5.74, 6) is 0.871. The maximum atomic E-state index is 12.3. The Hall–Kier alpha value is -1.54. The molecule has 0 radical (unpaired) electrons. The molecule has 2 aromatic heterocycles. The number of anilines is 1. The molecular formula is C19H20Cl2N4OS2. The summed E-state index contributed by atoms with van der Waals surface area (Å²) in [7, 11) is 0. The lowest BCUT2D eigenvalue weighted by Gasteiger charge is -2.09. The lowest BCUT2D eigenvalue weighted by Crippen LogP contribution is -2.15. The Kier molecular flexibility index (Phi) is 7.04. The van der Waals surface area contributed by atoms with Gasteiger partial charge in [-0.05, 0) is 38.0 Å². The molecule has 1 aromatic carbocycles. The third-order valence-electron chi connectivity index (χ3n) is 4.29. The third-order valence-corrected chi connectivity index (χ3v) is 7.03. The van der Waals surface area contributed by atoms with Crippen LogP contribution in [0.15, 0.2) is 28.7 Å². The first-order chi connectivity index (χ1) is 13.5. The number of benzene rings is 1. The topological polar surface area (TPSA) is 59.8 Å². The number of thioether (sulfide) groups is 1. The van der Waals surface area contributed by atoms with E-state index in [0.29, 0.717) is 15.7 Å². The summed E-state index contributed by atoms with van der Waals surface area (Å²) in [4.78, 5) is 13.6. The van der Waals surface area contributed by atoms with Gasteiger partial charge in [-0.1, -0.05) is 48.0 Å². The van der Waals surface area contributed by atoms with Crippen molar-refractivity contribution in [1.29, 1.82) is 0 Å². The van der Waals surface area contributed by atoms with Crippen molar-refractivity contribution in [2.75, 3.05) is 11.1 Å². The Morgan fingerprint density at radius 3 is 2.79 bits per heavy atom. The van der Waals surface area contributed by atoms with Crippen LogP contribution in [0.4, 0.5) is 5.69 Å². The zero-order valence-corrected chi connectivity index (χ0v) is 18.9. The van der Waals surface area contributed by atoms with E-state index in [1.165, 1.54) is 22.2 Å². The minimum Gasteiger partial charge on any atom is -0.324 e. The highest BCUT2D eigenvalue weighted by Crippen LogP contribution is 2.33. The van der Waals surface area contributed by atoms with Crippen LogP contribution in [-0.2, 0) is 17.8 Å². The van der Waals surface area contributed by atoms with Gasteiger partial charge in [-0.15, -0.1) is 21.5 Å². The van der Waals surface area contributed by atoms with E-state index in [1.54, 1.807) is 29.5 Å². The van der Waals surface area contributed by atoms with Gasteiger partial charge in [-0.25, -0.2) is 0 Å². The van der Waals surface area contributed by atoms with E-state index < -0.39 is 0 Å². The molecule has 0 saturated heterocycles. The lowest BCUT2D eigenvalue weighted by atomic mass is 10.1. The smallest absolute Gasteiger partial charge is 0.234 e. The van der Waals surface area contributed by atoms with Gasteiger partial charge in [0.2, 0.25) is 5.91 Å². The monoisotopic (exact) mass is 454 g/mol. The molecule has 9 heteroatoms.